The molecule has 5 heteroatoms. The zero-order chi connectivity index (χ0) is 18.8. The molecule has 0 bridgehead atoms. The fourth-order valence-electron chi connectivity index (χ4n) is 3.49. The molecule has 136 valence electrons. The van der Waals surface area contributed by atoms with E-state index in [4.69, 9.17) is 0 Å². The standard InChI is InChI=1S/C22H21N3O2/c1-14(15-7-3-2-4-8-15)23-20(26)13-19-22(27)25-18-12-6-10-16-9-5-11-17(24-19)21(16)18/h2-12,14,19,24H,13H2,1H3,(H,23,26)(H,25,27)/t14-,19-/m1/s1. The predicted molar refractivity (Wildman–Crippen MR) is 108 cm³/mol. The zero-order valence-corrected chi connectivity index (χ0v) is 15.0. The quantitative estimate of drug-likeness (QED) is 0.663. The SMILES string of the molecule is C[C@@H](NC(=O)C[C@H]1Nc2cccc3cccc(c23)NC1=O)c1ccccc1. The lowest BCUT2D eigenvalue weighted by molar-refractivity contribution is -0.125. The summed E-state index contributed by atoms with van der Waals surface area (Å²) in [7, 11) is 0. The first-order chi connectivity index (χ1) is 13.1. The summed E-state index contributed by atoms with van der Waals surface area (Å²) in [6, 6.07) is 20.7. The normalized spacial score (nSPS) is 16.8. The average molecular weight is 359 g/mol. The molecular weight excluding hydrogens is 338 g/mol. The van der Waals surface area contributed by atoms with Gasteiger partial charge < -0.3 is 16.0 Å². The van der Waals surface area contributed by atoms with E-state index in [2.05, 4.69) is 16.0 Å². The Morgan fingerprint density at radius 1 is 1.00 bits per heavy atom. The van der Waals surface area contributed by atoms with Crippen molar-refractivity contribution in [2.45, 2.75) is 25.4 Å². The highest BCUT2D eigenvalue weighted by Crippen LogP contribution is 2.33. The van der Waals surface area contributed by atoms with Crippen molar-refractivity contribution in [1.82, 2.24) is 5.32 Å². The molecule has 1 heterocycles. The van der Waals surface area contributed by atoms with Gasteiger partial charge in [-0.15, -0.1) is 0 Å². The van der Waals surface area contributed by atoms with Gasteiger partial charge in [-0.2, -0.15) is 0 Å². The van der Waals surface area contributed by atoms with E-state index >= 15 is 0 Å². The first kappa shape index (κ1) is 17.1. The molecule has 0 unspecified atom stereocenters. The summed E-state index contributed by atoms with van der Waals surface area (Å²) in [5.74, 6) is -0.377. The Morgan fingerprint density at radius 2 is 1.70 bits per heavy atom. The van der Waals surface area contributed by atoms with E-state index in [0.29, 0.717) is 0 Å². The predicted octanol–water partition coefficient (Wildman–Crippen LogP) is 3.84. The summed E-state index contributed by atoms with van der Waals surface area (Å²) in [6.45, 7) is 1.93. The highest BCUT2D eigenvalue weighted by Gasteiger charge is 2.27. The van der Waals surface area contributed by atoms with Crippen molar-refractivity contribution in [2.24, 2.45) is 0 Å². The lowest BCUT2D eigenvalue weighted by Crippen LogP contribution is -2.39. The number of anilines is 2. The number of carbonyl (C=O) groups is 2. The smallest absolute Gasteiger partial charge is 0.247 e. The summed E-state index contributed by atoms with van der Waals surface area (Å²) >= 11 is 0. The fourth-order valence-corrected chi connectivity index (χ4v) is 3.49. The highest BCUT2D eigenvalue weighted by molar-refractivity contribution is 6.13. The van der Waals surface area contributed by atoms with Gasteiger partial charge in [-0.25, -0.2) is 0 Å². The highest BCUT2D eigenvalue weighted by atomic mass is 16.2. The minimum Gasteiger partial charge on any atom is -0.373 e. The first-order valence-electron chi connectivity index (χ1n) is 9.05. The Morgan fingerprint density at radius 3 is 2.44 bits per heavy atom. The topological polar surface area (TPSA) is 70.2 Å². The van der Waals surface area contributed by atoms with Gasteiger partial charge in [0, 0.05) is 11.1 Å². The molecule has 0 saturated heterocycles. The van der Waals surface area contributed by atoms with Gasteiger partial charge in [-0.05, 0) is 30.0 Å². The van der Waals surface area contributed by atoms with Crippen LogP contribution < -0.4 is 16.0 Å². The number of nitrogens with one attached hydrogen (secondary N) is 3. The van der Waals surface area contributed by atoms with Crippen LogP contribution in [0, 0.1) is 0 Å². The van der Waals surface area contributed by atoms with E-state index in [9.17, 15) is 9.59 Å². The number of hydrogen-bond acceptors (Lipinski definition) is 3. The molecule has 4 rings (SSSR count). The molecule has 0 fully saturated rings. The molecule has 0 aromatic heterocycles. The number of amides is 2. The van der Waals surface area contributed by atoms with E-state index < -0.39 is 6.04 Å². The number of rotatable bonds is 4. The molecule has 27 heavy (non-hydrogen) atoms. The van der Waals surface area contributed by atoms with Crippen LogP contribution in [-0.4, -0.2) is 17.9 Å². The Bertz CT molecular complexity index is 996. The average Bonchev–Trinajstić information content (AvgIpc) is 2.81. The molecule has 2 amide bonds. The second kappa shape index (κ2) is 7.11. The molecule has 0 saturated carbocycles. The van der Waals surface area contributed by atoms with Crippen LogP contribution in [0.3, 0.4) is 0 Å². The molecule has 3 aromatic rings. The maximum atomic E-state index is 12.7. The monoisotopic (exact) mass is 359 g/mol. The van der Waals surface area contributed by atoms with E-state index in [-0.39, 0.29) is 24.3 Å². The van der Waals surface area contributed by atoms with Gasteiger partial charge in [0.1, 0.15) is 6.04 Å². The second-order valence-corrected chi connectivity index (χ2v) is 6.80. The van der Waals surface area contributed by atoms with Gasteiger partial charge in [-0.3, -0.25) is 9.59 Å². The van der Waals surface area contributed by atoms with E-state index in [1.807, 2.05) is 73.7 Å². The van der Waals surface area contributed by atoms with Crippen molar-refractivity contribution >= 4 is 34.0 Å². The number of benzene rings is 3. The van der Waals surface area contributed by atoms with Gasteiger partial charge in [0.25, 0.3) is 0 Å². The van der Waals surface area contributed by atoms with Crippen molar-refractivity contribution in [1.29, 1.82) is 0 Å². The Labute approximate surface area is 157 Å². The van der Waals surface area contributed by atoms with Gasteiger partial charge in [0.2, 0.25) is 11.8 Å². The van der Waals surface area contributed by atoms with Crippen molar-refractivity contribution in [3.8, 4) is 0 Å². The molecule has 5 nitrogen and oxygen atoms in total. The van der Waals surface area contributed by atoms with Crippen LogP contribution in [0.4, 0.5) is 11.4 Å². The number of carbonyl (C=O) groups excluding carboxylic acids is 2. The van der Waals surface area contributed by atoms with Crippen molar-refractivity contribution in [3.05, 3.63) is 72.3 Å². The second-order valence-electron chi connectivity index (χ2n) is 6.80. The van der Waals surface area contributed by atoms with E-state index in [1.54, 1.807) is 0 Å². The van der Waals surface area contributed by atoms with Gasteiger partial charge >= 0.3 is 0 Å². The summed E-state index contributed by atoms with van der Waals surface area (Å²) in [6.07, 6.45) is 0.0629. The summed E-state index contributed by atoms with van der Waals surface area (Å²) in [5, 5.41) is 11.2. The molecule has 1 aliphatic heterocycles. The van der Waals surface area contributed by atoms with Gasteiger partial charge in [-0.1, -0.05) is 54.6 Å². The minimum atomic E-state index is -0.633. The van der Waals surface area contributed by atoms with Crippen LogP contribution in [0.25, 0.3) is 10.8 Å². The lowest BCUT2D eigenvalue weighted by Gasteiger charge is -2.19. The van der Waals surface area contributed by atoms with Crippen LogP contribution in [0.5, 0.6) is 0 Å². The van der Waals surface area contributed by atoms with Crippen molar-refractivity contribution in [2.75, 3.05) is 10.6 Å². The molecule has 1 aliphatic rings. The van der Waals surface area contributed by atoms with Crippen LogP contribution in [0.15, 0.2) is 66.7 Å². The Hall–Kier alpha value is -3.34. The molecule has 2 atom stereocenters. The third-order valence-electron chi connectivity index (χ3n) is 4.88. The first-order valence-corrected chi connectivity index (χ1v) is 9.05. The zero-order valence-electron chi connectivity index (χ0n) is 15.0. The number of hydrogen-bond donors (Lipinski definition) is 3. The van der Waals surface area contributed by atoms with Crippen LogP contribution in [0.2, 0.25) is 0 Å². The molecular formula is C22H21N3O2. The van der Waals surface area contributed by atoms with Gasteiger partial charge in [0.05, 0.1) is 18.2 Å². The van der Waals surface area contributed by atoms with E-state index in [1.165, 1.54) is 0 Å². The summed E-state index contributed by atoms with van der Waals surface area (Å²) in [5.41, 5.74) is 2.65. The maximum Gasteiger partial charge on any atom is 0.247 e. The Kier molecular flexibility index (Phi) is 4.50. The maximum absolute atomic E-state index is 12.7. The third-order valence-corrected chi connectivity index (χ3v) is 4.88. The summed E-state index contributed by atoms with van der Waals surface area (Å²) in [4.78, 5) is 25.2. The summed E-state index contributed by atoms with van der Waals surface area (Å²) < 4.78 is 0. The van der Waals surface area contributed by atoms with Crippen molar-refractivity contribution < 1.29 is 9.59 Å². The van der Waals surface area contributed by atoms with Crippen LogP contribution in [0.1, 0.15) is 24.9 Å². The van der Waals surface area contributed by atoms with E-state index in [0.717, 1.165) is 27.7 Å². The van der Waals surface area contributed by atoms with Crippen LogP contribution >= 0.6 is 0 Å². The molecule has 0 spiro atoms. The molecule has 0 aliphatic carbocycles. The lowest BCUT2D eigenvalue weighted by atomic mass is 10.1. The Balaban J connectivity index is 1.51. The van der Waals surface area contributed by atoms with Crippen LogP contribution in [-0.2, 0) is 9.59 Å². The molecule has 3 aromatic carbocycles. The largest absolute Gasteiger partial charge is 0.373 e. The van der Waals surface area contributed by atoms with Gasteiger partial charge in [0.15, 0.2) is 0 Å². The van der Waals surface area contributed by atoms with Crippen molar-refractivity contribution in [3.63, 3.8) is 0 Å². The fraction of sp³-hybridized carbons (Fsp3) is 0.182. The molecule has 0 radical (unpaired) electrons. The molecule has 3 N–H and O–H groups in total. The minimum absolute atomic E-state index is 0.0629. The third kappa shape index (κ3) is 3.49.